The Morgan fingerprint density at radius 1 is 1.04 bits per heavy atom. The van der Waals surface area contributed by atoms with Gasteiger partial charge in [-0.05, 0) is 42.5 Å². The van der Waals surface area contributed by atoms with Gasteiger partial charge in [-0.3, -0.25) is 9.59 Å². The summed E-state index contributed by atoms with van der Waals surface area (Å²) in [6.45, 7) is 0. The van der Waals surface area contributed by atoms with Crippen molar-refractivity contribution in [2.24, 2.45) is 0 Å². The number of halogens is 2. The number of nitrogens with zero attached hydrogens (tertiary/aromatic N) is 1. The Bertz CT molecular complexity index is 980. The van der Waals surface area contributed by atoms with Gasteiger partial charge in [-0.1, -0.05) is 23.2 Å². The molecule has 0 atom stereocenters. The number of anilines is 1. The van der Waals surface area contributed by atoms with E-state index in [1.807, 2.05) is 0 Å². The molecule has 0 aliphatic heterocycles. The van der Waals surface area contributed by atoms with Crippen molar-refractivity contribution in [3.8, 4) is 0 Å². The quantitative estimate of drug-likeness (QED) is 0.720. The lowest BCUT2D eigenvalue weighted by Gasteiger charge is -2.12. The zero-order chi connectivity index (χ0) is 18.1. The fourth-order valence-corrected chi connectivity index (χ4v) is 2.77. The Kier molecular flexibility index (Phi) is 4.70. The van der Waals surface area contributed by atoms with Gasteiger partial charge in [-0.2, -0.15) is 0 Å². The highest BCUT2D eigenvalue weighted by Gasteiger charge is 2.16. The monoisotopic (exact) mass is 376 g/mol. The molecule has 0 aliphatic rings. The molecule has 3 rings (SSSR count). The van der Waals surface area contributed by atoms with Gasteiger partial charge >= 0.3 is 0 Å². The molecule has 1 N–H and O–H groups in total. The van der Waals surface area contributed by atoms with Gasteiger partial charge in [0.25, 0.3) is 11.8 Å². The van der Waals surface area contributed by atoms with E-state index in [1.165, 1.54) is 11.0 Å². The Morgan fingerprint density at radius 2 is 1.80 bits per heavy atom. The molecule has 0 saturated carbocycles. The highest BCUT2D eigenvalue weighted by molar-refractivity contribution is 6.34. The van der Waals surface area contributed by atoms with Crippen LogP contribution in [0, 0.1) is 0 Å². The first-order valence-corrected chi connectivity index (χ1v) is 8.12. The summed E-state index contributed by atoms with van der Waals surface area (Å²) in [5.74, 6) is -0.478. The summed E-state index contributed by atoms with van der Waals surface area (Å²) >= 11 is 12.1. The van der Waals surface area contributed by atoms with Crippen molar-refractivity contribution in [2.45, 2.75) is 0 Å². The largest absolute Gasteiger partial charge is 0.451 e. The minimum atomic E-state index is -0.421. The van der Waals surface area contributed by atoms with E-state index in [9.17, 15) is 9.59 Å². The van der Waals surface area contributed by atoms with Crippen molar-refractivity contribution in [3.05, 3.63) is 63.8 Å². The summed E-state index contributed by atoms with van der Waals surface area (Å²) in [7, 11) is 3.28. The lowest BCUT2D eigenvalue weighted by atomic mass is 10.2. The van der Waals surface area contributed by atoms with Gasteiger partial charge in [-0.25, -0.2) is 0 Å². The van der Waals surface area contributed by atoms with Gasteiger partial charge in [0.05, 0.1) is 10.6 Å². The van der Waals surface area contributed by atoms with Crippen LogP contribution in [0.15, 0.2) is 46.9 Å². The number of furan rings is 1. The summed E-state index contributed by atoms with van der Waals surface area (Å²) in [6.07, 6.45) is 0. The van der Waals surface area contributed by atoms with Gasteiger partial charge < -0.3 is 14.6 Å². The van der Waals surface area contributed by atoms with E-state index in [4.69, 9.17) is 27.6 Å². The second kappa shape index (κ2) is 6.78. The van der Waals surface area contributed by atoms with E-state index in [0.29, 0.717) is 21.9 Å². The highest BCUT2D eigenvalue weighted by Crippen LogP contribution is 2.25. The third-order valence-electron chi connectivity index (χ3n) is 3.57. The molecular formula is C18H14Cl2N2O3. The highest BCUT2D eigenvalue weighted by atomic mass is 35.5. The number of hydrogen-bond donors (Lipinski definition) is 1. The van der Waals surface area contributed by atoms with Crippen molar-refractivity contribution in [2.75, 3.05) is 19.4 Å². The molecular weight excluding hydrogens is 363 g/mol. The maximum atomic E-state index is 12.4. The summed E-state index contributed by atoms with van der Waals surface area (Å²) in [4.78, 5) is 25.8. The second-order valence-electron chi connectivity index (χ2n) is 5.64. The molecule has 3 aromatic rings. The van der Waals surface area contributed by atoms with Gasteiger partial charge in [0.1, 0.15) is 5.58 Å². The average molecular weight is 377 g/mol. The van der Waals surface area contributed by atoms with Crippen LogP contribution >= 0.6 is 23.2 Å². The molecule has 0 fully saturated rings. The number of carbonyl (C=O) groups excluding carboxylic acids is 2. The first-order chi connectivity index (χ1) is 11.8. The number of rotatable bonds is 3. The predicted molar refractivity (Wildman–Crippen MR) is 98.6 cm³/mol. The van der Waals surface area contributed by atoms with E-state index in [-0.39, 0.29) is 16.7 Å². The van der Waals surface area contributed by atoms with Crippen molar-refractivity contribution in [1.29, 1.82) is 0 Å². The number of carbonyl (C=O) groups is 2. The zero-order valence-corrected chi connectivity index (χ0v) is 15.0. The number of nitrogens with one attached hydrogen (secondary N) is 1. The van der Waals surface area contributed by atoms with Crippen LogP contribution in [-0.4, -0.2) is 30.8 Å². The molecule has 2 amide bonds. The molecule has 0 spiro atoms. The van der Waals surface area contributed by atoms with Crippen LogP contribution < -0.4 is 5.32 Å². The fourth-order valence-electron chi connectivity index (χ4n) is 2.33. The minimum Gasteiger partial charge on any atom is -0.451 e. The molecule has 0 saturated heterocycles. The summed E-state index contributed by atoms with van der Waals surface area (Å²) in [6, 6.07) is 11.4. The number of amides is 2. The minimum absolute atomic E-state index is 0.154. The molecule has 0 aliphatic carbocycles. The van der Waals surface area contributed by atoms with Crippen LogP contribution in [0.5, 0.6) is 0 Å². The van der Waals surface area contributed by atoms with Crippen LogP contribution in [0.2, 0.25) is 10.0 Å². The molecule has 1 heterocycles. The third-order valence-corrected chi connectivity index (χ3v) is 4.11. The van der Waals surface area contributed by atoms with Crippen LogP contribution in [-0.2, 0) is 0 Å². The number of hydrogen-bond acceptors (Lipinski definition) is 3. The molecule has 0 unspecified atom stereocenters. The molecule has 2 aromatic carbocycles. The molecule has 0 bridgehead atoms. The zero-order valence-electron chi connectivity index (χ0n) is 13.5. The standard InChI is InChI=1S/C18H14Cl2N2O3/c1-22(2)18(24)13-5-4-12(9-14(13)20)21-17(23)16-8-10-7-11(19)3-6-15(10)25-16/h3-9H,1-2H3,(H,21,23). The second-order valence-corrected chi connectivity index (χ2v) is 6.48. The van der Waals surface area contributed by atoms with E-state index in [0.717, 1.165) is 5.39 Å². The smallest absolute Gasteiger partial charge is 0.291 e. The maximum Gasteiger partial charge on any atom is 0.291 e. The Labute approximate surface area is 154 Å². The number of fused-ring (bicyclic) bond motifs is 1. The van der Waals surface area contributed by atoms with Crippen molar-refractivity contribution in [1.82, 2.24) is 4.90 Å². The predicted octanol–water partition coefficient (Wildman–Crippen LogP) is 4.69. The third kappa shape index (κ3) is 3.62. The van der Waals surface area contributed by atoms with Gasteiger partial charge in [0, 0.05) is 30.2 Å². The van der Waals surface area contributed by atoms with Crippen LogP contribution in [0.3, 0.4) is 0 Å². The molecule has 7 heteroatoms. The lowest BCUT2D eigenvalue weighted by Crippen LogP contribution is -2.22. The van der Waals surface area contributed by atoms with Gasteiger partial charge in [-0.15, -0.1) is 0 Å². The normalized spacial score (nSPS) is 10.7. The van der Waals surface area contributed by atoms with E-state index < -0.39 is 5.91 Å². The van der Waals surface area contributed by atoms with Gasteiger partial charge in [0.15, 0.2) is 5.76 Å². The molecule has 0 radical (unpaired) electrons. The average Bonchev–Trinajstić information content (AvgIpc) is 2.97. The number of benzene rings is 2. The van der Waals surface area contributed by atoms with Crippen LogP contribution in [0.25, 0.3) is 11.0 Å². The van der Waals surface area contributed by atoms with Crippen LogP contribution in [0.1, 0.15) is 20.9 Å². The fraction of sp³-hybridized carbons (Fsp3) is 0.111. The Morgan fingerprint density at radius 3 is 2.48 bits per heavy atom. The van der Waals surface area contributed by atoms with Crippen molar-refractivity contribution < 1.29 is 14.0 Å². The SMILES string of the molecule is CN(C)C(=O)c1ccc(NC(=O)c2cc3cc(Cl)ccc3o2)cc1Cl. The van der Waals surface area contributed by atoms with Crippen molar-refractivity contribution in [3.63, 3.8) is 0 Å². The topological polar surface area (TPSA) is 62.6 Å². The van der Waals surface area contributed by atoms with E-state index in [2.05, 4.69) is 5.32 Å². The summed E-state index contributed by atoms with van der Waals surface area (Å²) in [5, 5.41) is 4.25. The molecule has 5 nitrogen and oxygen atoms in total. The van der Waals surface area contributed by atoms with E-state index >= 15 is 0 Å². The van der Waals surface area contributed by atoms with Gasteiger partial charge in [0.2, 0.25) is 0 Å². The summed E-state index contributed by atoms with van der Waals surface area (Å²) < 4.78 is 5.52. The van der Waals surface area contributed by atoms with E-state index in [1.54, 1.807) is 50.5 Å². The molecule has 128 valence electrons. The first-order valence-electron chi connectivity index (χ1n) is 7.37. The Hall–Kier alpha value is -2.50. The Balaban J connectivity index is 1.82. The first kappa shape index (κ1) is 17.3. The van der Waals surface area contributed by atoms with Crippen molar-refractivity contribution >= 4 is 51.7 Å². The molecule has 25 heavy (non-hydrogen) atoms. The lowest BCUT2D eigenvalue weighted by molar-refractivity contribution is 0.0827. The molecule has 1 aromatic heterocycles. The maximum absolute atomic E-state index is 12.4. The summed E-state index contributed by atoms with van der Waals surface area (Å²) in [5.41, 5.74) is 1.39. The van der Waals surface area contributed by atoms with Crippen LogP contribution in [0.4, 0.5) is 5.69 Å².